The van der Waals surface area contributed by atoms with Crippen LogP contribution in [0.2, 0.25) is 0 Å². The van der Waals surface area contributed by atoms with Crippen molar-refractivity contribution in [1.29, 1.82) is 0 Å². The van der Waals surface area contributed by atoms with E-state index >= 15 is 0 Å². The van der Waals surface area contributed by atoms with Crippen LogP contribution in [0.5, 0.6) is 17.2 Å². The summed E-state index contributed by atoms with van der Waals surface area (Å²) in [5, 5.41) is 0. The van der Waals surface area contributed by atoms with Crippen molar-refractivity contribution in [2.24, 2.45) is 5.92 Å². The Kier molecular flexibility index (Phi) is 5.01. The van der Waals surface area contributed by atoms with Gasteiger partial charge in [-0.1, -0.05) is 30.3 Å². The van der Waals surface area contributed by atoms with Gasteiger partial charge in [-0.05, 0) is 47.9 Å². The molecule has 5 nitrogen and oxygen atoms in total. The maximum absolute atomic E-state index is 12.4. The van der Waals surface area contributed by atoms with E-state index in [0.29, 0.717) is 24.5 Å². The van der Waals surface area contributed by atoms with Crippen molar-refractivity contribution >= 4 is 5.97 Å². The number of hydrogen-bond acceptors (Lipinski definition) is 5. The Balaban J connectivity index is 1.30. The van der Waals surface area contributed by atoms with Gasteiger partial charge in [-0.2, -0.15) is 0 Å². The van der Waals surface area contributed by atoms with Crippen molar-refractivity contribution in [1.82, 2.24) is 4.98 Å². The van der Waals surface area contributed by atoms with E-state index in [1.54, 1.807) is 12.4 Å². The molecule has 2 heterocycles. The maximum Gasteiger partial charge on any atom is 0.313 e. The van der Waals surface area contributed by atoms with Gasteiger partial charge in [-0.3, -0.25) is 9.78 Å². The number of ether oxygens (including phenoxy) is 3. The number of hydrogen-bond donors (Lipinski definition) is 0. The van der Waals surface area contributed by atoms with Gasteiger partial charge in [0.15, 0.2) is 0 Å². The van der Waals surface area contributed by atoms with Gasteiger partial charge in [-0.15, -0.1) is 0 Å². The first kappa shape index (κ1) is 17.1. The van der Waals surface area contributed by atoms with Crippen LogP contribution in [-0.4, -0.2) is 17.6 Å². The summed E-state index contributed by atoms with van der Waals surface area (Å²) >= 11 is 0. The normalized spacial score (nSPS) is 15.3. The van der Waals surface area contributed by atoms with Crippen LogP contribution in [-0.2, 0) is 22.6 Å². The van der Waals surface area contributed by atoms with Gasteiger partial charge in [0.1, 0.15) is 30.5 Å². The van der Waals surface area contributed by atoms with Gasteiger partial charge in [0.2, 0.25) is 0 Å². The maximum atomic E-state index is 12.4. The molecule has 3 aromatic rings. The molecular formula is C22H19NO4. The molecule has 0 spiro atoms. The van der Waals surface area contributed by atoms with E-state index in [-0.39, 0.29) is 18.5 Å². The lowest BCUT2D eigenvalue weighted by molar-refractivity contribution is -0.151. The number of benzene rings is 2. The van der Waals surface area contributed by atoms with Gasteiger partial charge >= 0.3 is 5.97 Å². The second-order valence-corrected chi connectivity index (χ2v) is 6.36. The molecule has 2 aromatic carbocycles. The number of esters is 1. The highest BCUT2D eigenvalue weighted by Gasteiger charge is 2.27. The van der Waals surface area contributed by atoms with Crippen LogP contribution in [0.4, 0.5) is 0 Å². The van der Waals surface area contributed by atoms with Crippen molar-refractivity contribution in [3.63, 3.8) is 0 Å². The van der Waals surface area contributed by atoms with Crippen LogP contribution in [0, 0.1) is 5.92 Å². The average Bonchev–Trinajstić information content (AvgIpc) is 2.73. The third kappa shape index (κ3) is 4.26. The highest BCUT2D eigenvalue weighted by molar-refractivity contribution is 5.73. The smallest absolute Gasteiger partial charge is 0.313 e. The molecule has 0 saturated carbocycles. The lowest BCUT2D eigenvalue weighted by Crippen LogP contribution is -2.29. The molecule has 0 aliphatic carbocycles. The fraction of sp³-hybridized carbons (Fsp3) is 0.182. The summed E-state index contributed by atoms with van der Waals surface area (Å²) in [7, 11) is 0. The number of carbonyl (C=O) groups is 1. The zero-order chi connectivity index (χ0) is 18.5. The van der Waals surface area contributed by atoms with E-state index in [1.165, 1.54) is 0 Å². The third-order valence-electron chi connectivity index (χ3n) is 4.39. The van der Waals surface area contributed by atoms with E-state index < -0.39 is 0 Å². The largest absolute Gasteiger partial charge is 0.492 e. The zero-order valence-electron chi connectivity index (χ0n) is 14.7. The fourth-order valence-electron chi connectivity index (χ4n) is 2.95. The van der Waals surface area contributed by atoms with Crippen LogP contribution >= 0.6 is 0 Å². The van der Waals surface area contributed by atoms with Gasteiger partial charge in [0, 0.05) is 6.20 Å². The first-order valence-corrected chi connectivity index (χ1v) is 8.82. The number of nitrogens with zero attached hydrogens (tertiary/aromatic N) is 1. The Morgan fingerprint density at radius 3 is 2.70 bits per heavy atom. The minimum atomic E-state index is -0.270. The zero-order valence-corrected chi connectivity index (χ0v) is 14.7. The molecule has 1 aliphatic heterocycles. The molecule has 0 fully saturated rings. The van der Waals surface area contributed by atoms with Crippen molar-refractivity contribution < 1.29 is 19.0 Å². The molecule has 0 amide bonds. The van der Waals surface area contributed by atoms with Gasteiger partial charge in [0.25, 0.3) is 0 Å². The molecule has 27 heavy (non-hydrogen) atoms. The number of pyridine rings is 1. The van der Waals surface area contributed by atoms with Crippen LogP contribution in [0.25, 0.3) is 0 Å². The number of aromatic nitrogens is 1. The van der Waals surface area contributed by atoms with Gasteiger partial charge in [0.05, 0.1) is 12.1 Å². The van der Waals surface area contributed by atoms with Crippen molar-refractivity contribution in [2.75, 3.05) is 6.61 Å². The first-order chi connectivity index (χ1) is 13.3. The van der Waals surface area contributed by atoms with Crippen LogP contribution < -0.4 is 9.47 Å². The summed E-state index contributed by atoms with van der Waals surface area (Å²) < 4.78 is 16.8. The lowest BCUT2D eigenvalue weighted by atomic mass is 9.97. The summed E-state index contributed by atoms with van der Waals surface area (Å²) in [6, 6.07) is 18.9. The molecule has 1 aliphatic rings. The SMILES string of the molecule is O=C(OCc1ccc(Oc2cccnc2)cc1)C1COc2ccccc2C1. The first-order valence-electron chi connectivity index (χ1n) is 8.82. The third-order valence-corrected chi connectivity index (χ3v) is 4.39. The Morgan fingerprint density at radius 2 is 1.89 bits per heavy atom. The molecule has 1 atom stereocenters. The Bertz CT molecular complexity index is 909. The predicted octanol–water partition coefficient (Wildman–Crippen LogP) is 4.17. The van der Waals surface area contributed by atoms with E-state index in [9.17, 15) is 4.79 Å². The minimum Gasteiger partial charge on any atom is -0.492 e. The van der Waals surface area contributed by atoms with E-state index in [4.69, 9.17) is 14.2 Å². The van der Waals surface area contributed by atoms with E-state index in [1.807, 2.05) is 60.7 Å². The molecule has 0 N–H and O–H groups in total. The number of carbonyl (C=O) groups excluding carboxylic acids is 1. The Labute approximate surface area is 157 Å². The Hall–Kier alpha value is -3.34. The molecule has 5 heteroatoms. The summed E-state index contributed by atoms with van der Waals surface area (Å²) in [4.78, 5) is 16.4. The quantitative estimate of drug-likeness (QED) is 0.639. The monoisotopic (exact) mass is 361 g/mol. The standard InChI is InChI=1S/C22H19NO4/c24-22(18-12-17-4-1-2-6-21(17)25-15-18)26-14-16-7-9-19(10-8-16)27-20-5-3-11-23-13-20/h1-11,13,18H,12,14-15H2. The topological polar surface area (TPSA) is 57.7 Å². The fourth-order valence-corrected chi connectivity index (χ4v) is 2.95. The number of fused-ring (bicyclic) bond motifs is 1. The second kappa shape index (κ2) is 7.91. The number of para-hydroxylation sites is 1. The predicted molar refractivity (Wildman–Crippen MR) is 99.7 cm³/mol. The van der Waals surface area contributed by atoms with E-state index in [2.05, 4.69) is 4.98 Å². The van der Waals surface area contributed by atoms with Crippen LogP contribution in [0.15, 0.2) is 73.1 Å². The minimum absolute atomic E-state index is 0.226. The molecule has 1 unspecified atom stereocenters. The summed E-state index contributed by atoms with van der Waals surface area (Å²) in [5.41, 5.74) is 1.95. The highest BCUT2D eigenvalue weighted by atomic mass is 16.5. The molecule has 0 radical (unpaired) electrons. The average molecular weight is 361 g/mol. The van der Waals surface area contributed by atoms with Crippen molar-refractivity contribution in [3.8, 4) is 17.2 Å². The van der Waals surface area contributed by atoms with Crippen LogP contribution in [0.1, 0.15) is 11.1 Å². The molecule has 0 bridgehead atoms. The summed E-state index contributed by atoms with van der Waals surface area (Å²) in [6.07, 6.45) is 3.99. The summed E-state index contributed by atoms with van der Waals surface area (Å²) in [5.74, 6) is 1.73. The summed E-state index contributed by atoms with van der Waals surface area (Å²) in [6.45, 7) is 0.581. The number of rotatable bonds is 5. The molecule has 1 aromatic heterocycles. The second-order valence-electron chi connectivity index (χ2n) is 6.36. The lowest BCUT2D eigenvalue weighted by Gasteiger charge is -2.23. The van der Waals surface area contributed by atoms with Crippen LogP contribution in [0.3, 0.4) is 0 Å². The van der Waals surface area contributed by atoms with Gasteiger partial charge in [-0.25, -0.2) is 0 Å². The molecule has 4 rings (SSSR count). The van der Waals surface area contributed by atoms with Crippen molar-refractivity contribution in [3.05, 3.63) is 84.2 Å². The van der Waals surface area contributed by atoms with Gasteiger partial charge < -0.3 is 14.2 Å². The Morgan fingerprint density at radius 1 is 1.04 bits per heavy atom. The highest BCUT2D eigenvalue weighted by Crippen LogP contribution is 2.27. The molecular weight excluding hydrogens is 342 g/mol. The molecule has 0 saturated heterocycles. The van der Waals surface area contributed by atoms with Crippen molar-refractivity contribution in [2.45, 2.75) is 13.0 Å². The van der Waals surface area contributed by atoms with E-state index in [0.717, 1.165) is 16.9 Å². The molecule has 136 valence electrons.